The van der Waals surface area contributed by atoms with Crippen molar-refractivity contribution in [2.45, 2.75) is 13.3 Å². The molecule has 0 saturated heterocycles. The molecule has 11 heavy (non-hydrogen) atoms. The van der Waals surface area contributed by atoms with Crippen LogP contribution in [-0.4, -0.2) is 5.88 Å². The van der Waals surface area contributed by atoms with E-state index in [9.17, 15) is 0 Å². The summed E-state index contributed by atoms with van der Waals surface area (Å²) in [4.78, 5) is 0. The van der Waals surface area contributed by atoms with Crippen molar-refractivity contribution in [2.24, 2.45) is 0 Å². The van der Waals surface area contributed by atoms with Gasteiger partial charge in [0, 0.05) is 5.88 Å². The van der Waals surface area contributed by atoms with E-state index in [1.54, 1.807) is 9.41 Å². The van der Waals surface area contributed by atoms with Crippen LogP contribution in [0.4, 0.5) is 0 Å². The van der Waals surface area contributed by atoms with Crippen molar-refractivity contribution >= 4 is 11.6 Å². The SMILES string of the molecule is C=CCCl.CC1=[C]([Hf])CC=C1. The molecule has 0 aromatic rings. The van der Waals surface area contributed by atoms with Crippen LogP contribution in [0.1, 0.15) is 13.3 Å². The molecule has 59 valence electrons. The molecule has 1 aliphatic carbocycles. The fourth-order valence-corrected chi connectivity index (χ4v) is 1.34. The van der Waals surface area contributed by atoms with Crippen LogP contribution >= 0.6 is 11.6 Å². The van der Waals surface area contributed by atoms with Crippen molar-refractivity contribution in [3.63, 3.8) is 0 Å². The van der Waals surface area contributed by atoms with Crippen LogP contribution in [0.5, 0.6) is 0 Å². The second kappa shape index (κ2) is 7.05. The Hall–Kier alpha value is 0.380. The Morgan fingerprint density at radius 2 is 2.36 bits per heavy atom. The van der Waals surface area contributed by atoms with E-state index in [4.69, 9.17) is 11.6 Å². The molecule has 0 bridgehead atoms. The van der Waals surface area contributed by atoms with E-state index in [2.05, 4.69) is 25.7 Å². The minimum absolute atomic E-state index is 0.556. The first-order valence-electron chi connectivity index (χ1n) is 3.47. The fraction of sp³-hybridized carbons (Fsp3) is 0.333. The molecule has 0 radical (unpaired) electrons. The average Bonchev–Trinajstić information content (AvgIpc) is 2.37. The Labute approximate surface area is 88.6 Å². The van der Waals surface area contributed by atoms with Gasteiger partial charge in [-0.15, -0.1) is 18.2 Å². The molecule has 0 atom stereocenters. The van der Waals surface area contributed by atoms with E-state index in [1.807, 2.05) is 0 Å². The standard InChI is InChI=1S/C6H7.C3H5Cl.Hf/c1-6-4-2-3-5-6;1-2-3-4;/h2,4H,3H2,1H3;2H,1,3H2;. The van der Waals surface area contributed by atoms with Gasteiger partial charge in [-0.2, -0.15) is 0 Å². The molecule has 0 aliphatic heterocycles. The van der Waals surface area contributed by atoms with Gasteiger partial charge in [-0.1, -0.05) is 6.08 Å². The first kappa shape index (κ1) is 11.4. The van der Waals surface area contributed by atoms with Crippen LogP contribution in [0.25, 0.3) is 0 Å². The molecule has 0 unspecified atom stereocenters. The van der Waals surface area contributed by atoms with Gasteiger partial charge in [-0.05, 0) is 0 Å². The maximum atomic E-state index is 5.07. The molecule has 0 aromatic heterocycles. The second-order valence-electron chi connectivity index (χ2n) is 2.21. The molecule has 0 spiro atoms. The average molecular weight is 334 g/mol. The van der Waals surface area contributed by atoms with Gasteiger partial charge in [-0.3, -0.25) is 0 Å². The Bertz CT molecular complexity index is 180. The number of halogens is 1. The number of alkyl halides is 1. The van der Waals surface area contributed by atoms with Gasteiger partial charge in [0.2, 0.25) is 0 Å². The second-order valence-corrected chi connectivity index (χ2v) is 4.69. The minimum atomic E-state index is 0.556. The summed E-state index contributed by atoms with van der Waals surface area (Å²) in [6.07, 6.45) is 7.32. The van der Waals surface area contributed by atoms with Crippen LogP contribution in [0, 0.1) is 0 Å². The summed E-state index contributed by atoms with van der Waals surface area (Å²) < 4.78 is 1.65. The van der Waals surface area contributed by atoms with Gasteiger partial charge < -0.3 is 0 Å². The number of rotatable bonds is 1. The first-order valence-corrected chi connectivity index (χ1v) is 5.80. The predicted octanol–water partition coefficient (Wildman–Crippen LogP) is 3.18. The van der Waals surface area contributed by atoms with Crippen LogP contribution in [0.15, 0.2) is 33.7 Å². The summed E-state index contributed by atoms with van der Waals surface area (Å²) in [7, 11) is 0. The molecule has 0 saturated carbocycles. The zero-order chi connectivity index (χ0) is 8.69. The molecule has 0 N–H and O–H groups in total. The molecule has 1 rings (SSSR count). The van der Waals surface area contributed by atoms with Gasteiger partial charge in [0.1, 0.15) is 0 Å². The number of hydrogen-bond donors (Lipinski definition) is 0. The van der Waals surface area contributed by atoms with Crippen molar-refractivity contribution < 1.29 is 24.4 Å². The van der Waals surface area contributed by atoms with Crippen molar-refractivity contribution in [1.29, 1.82) is 0 Å². The summed E-state index contributed by atoms with van der Waals surface area (Å²) in [5.74, 6) is 0.556. The van der Waals surface area contributed by atoms with Crippen molar-refractivity contribution in [3.05, 3.63) is 33.7 Å². The molecule has 2 heteroatoms. The summed E-state index contributed by atoms with van der Waals surface area (Å²) in [6, 6.07) is 0. The number of allylic oxidation sites excluding steroid dienone is 5. The van der Waals surface area contributed by atoms with Gasteiger partial charge >= 0.3 is 58.8 Å². The van der Waals surface area contributed by atoms with E-state index in [0.717, 1.165) is 0 Å². The van der Waals surface area contributed by atoms with E-state index >= 15 is 0 Å². The van der Waals surface area contributed by atoms with Crippen LogP contribution in [0.2, 0.25) is 0 Å². The van der Waals surface area contributed by atoms with E-state index < -0.39 is 0 Å². The zero-order valence-electron chi connectivity index (χ0n) is 6.73. The monoisotopic (exact) mass is 335 g/mol. The van der Waals surface area contributed by atoms with Gasteiger partial charge in [0.25, 0.3) is 0 Å². The van der Waals surface area contributed by atoms with Crippen LogP contribution in [-0.2, 0) is 24.4 Å². The van der Waals surface area contributed by atoms with Gasteiger partial charge in [-0.25, -0.2) is 0 Å². The molecule has 0 heterocycles. The van der Waals surface area contributed by atoms with Crippen LogP contribution < -0.4 is 0 Å². The number of hydrogen-bond acceptors (Lipinski definition) is 0. The Morgan fingerprint density at radius 3 is 2.45 bits per heavy atom. The normalized spacial score (nSPS) is 14.3. The summed E-state index contributed by atoms with van der Waals surface area (Å²) in [6.45, 7) is 5.53. The third kappa shape index (κ3) is 5.63. The third-order valence-corrected chi connectivity index (χ3v) is 3.64. The molecule has 0 fully saturated rings. The molecule has 1 aliphatic rings. The molecule has 0 amide bonds. The Morgan fingerprint density at radius 1 is 1.82 bits per heavy atom. The maximum absolute atomic E-state index is 5.07. The zero-order valence-corrected chi connectivity index (χ0v) is 11.1. The summed E-state index contributed by atoms with van der Waals surface area (Å²) in [5.41, 5.74) is 1.51. The molecular weight excluding hydrogens is 322 g/mol. The van der Waals surface area contributed by atoms with Crippen LogP contribution in [0.3, 0.4) is 0 Å². The Kier molecular flexibility index (Phi) is 7.30. The van der Waals surface area contributed by atoms with E-state index in [1.165, 1.54) is 36.4 Å². The van der Waals surface area contributed by atoms with Crippen molar-refractivity contribution in [3.8, 4) is 0 Å². The first-order chi connectivity index (χ1) is 5.22. The summed E-state index contributed by atoms with van der Waals surface area (Å²) in [5, 5.41) is 0. The quantitative estimate of drug-likeness (QED) is 0.393. The van der Waals surface area contributed by atoms with E-state index in [0.29, 0.717) is 5.88 Å². The van der Waals surface area contributed by atoms with Crippen molar-refractivity contribution in [2.75, 3.05) is 5.88 Å². The predicted molar refractivity (Wildman–Crippen MR) is 47.4 cm³/mol. The van der Waals surface area contributed by atoms with E-state index in [-0.39, 0.29) is 0 Å². The van der Waals surface area contributed by atoms with Gasteiger partial charge in [0.05, 0.1) is 0 Å². The van der Waals surface area contributed by atoms with Crippen molar-refractivity contribution in [1.82, 2.24) is 0 Å². The Balaban J connectivity index is 0.000000218. The molecule has 0 nitrogen and oxygen atoms in total. The third-order valence-electron chi connectivity index (χ3n) is 1.27. The van der Waals surface area contributed by atoms with Gasteiger partial charge in [0.15, 0.2) is 0 Å². The molecular formula is C9H12ClHf. The molecule has 0 aromatic carbocycles. The topological polar surface area (TPSA) is 0 Å². The summed E-state index contributed by atoms with van der Waals surface area (Å²) >= 11 is 6.32. The fourth-order valence-electron chi connectivity index (χ4n) is 0.615.